The van der Waals surface area contributed by atoms with Crippen LogP contribution in [0.2, 0.25) is 0 Å². The fourth-order valence-corrected chi connectivity index (χ4v) is 3.61. The molecule has 0 bridgehead atoms. The number of piperidine rings is 1. The van der Waals surface area contributed by atoms with Gasteiger partial charge in [0, 0.05) is 32.4 Å². The van der Waals surface area contributed by atoms with Crippen LogP contribution in [-0.2, 0) is 9.59 Å². The highest BCUT2D eigenvalue weighted by Gasteiger charge is 2.45. The number of rotatable bonds is 6. The lowest BCUT2D eigenvalue weighted by Crippen LogP contribution is -2.54. The summed E-state index contributed by atoms with van der Waals surface area (Å²) in [6.07, 6.45) is 7.30. The van der Waals surface area contributed by atoms with Gasteiger partial charge in [-0.25, -0.2) is 4.79 Å². The molecule has 1 amide bonds. The van der Waals surface area contributed by atoms with Crippen molar-refractivity contribution in [3.63, 3.8) is 0 Å². The maximum absolute atomic E-state index is 12.5. The van der Waals surface area contributed by atoms with E-state index in [-0.39, 0.29) is 18.7 Å². The van der Waals surface area contributed by atoms with Gasteiger partial charge in [-0.05, 0) is 30.9 Å². The molecule has 1 fully saturated rings. The third-order valence-corrected chi connectivity index (χ3v) is 5.24. The van der Waals surface area contributed by atoms with E-state index < -0.39 is 11.6 Å². The molecule has 1 aromatic rings. The molecule has 26 heavy (non-hydrogen) atoms. The second-order valence-corrected chi connectivity index (χ2v) is 6.90. The standard InChI is InChI=1S/C20H25NO5/c1-25-16-8-4-5-9-17(16)26-20(19(23)24)10-12-21(13-11-20)18(22)14-15-6-2-3-7-15/h2,4-6,8-9,15H,3,7,10-14H2,1H3,(H,23,24)/t15-/m1/s1. The first-order valence-corrected chi connectivity index (χ1v) is 9.04. The van der Waals surface area contributed by atoms with Crippen LogP contribution < -0.4 is 9.47 Å². The first-order chi connectivity index (χ1) is 12.5. The number of carbonyl (C=O) groups is 2. The molecule has 1 atom stereocenters. The zero-order valence-electron chi connectivity index (χ0n) is 15.0. The zero-order chi connectivity index (χ0) is 18.6. The second-order valence-electron chi connectivity index (χ2n) is 6.90. The lowest BCUT2D eigenvalue weighted by molar-refractivity contribution is -0.162. The summed E-state index contributed by atoms with van der Waals surface area (Å²) in [5.74, 6) is 0.318. The highest BCUT2D eigenvalue weighted by atomic mass is 16.5. The third-order valence-electron chi connectivity index (χ3n) is 5.24. The van der Waals surface area contributed by atoms with Crippen LogP contribution in [0.15, 0.2) is 36.4 Å². The van der Waals surface area contributed by atoms with E-state index in [1.54, 1.807) is 29.2 Å². The summed E-state index contributed by atoms with van der Waals surface area (Å²) in [5.41, 5.74) is -1.33. The normalized spacial score (nSPS) is 21.4. The van der Waals surface area contributed by atoms with Crippen molar-refractivity contribution < 1.29 is 24.2 Å². The van der Waals surface area contributed by atoms with Crippen LogP contribution in [0.4, 0.5) is 0 Å². The summed E-state index contributed by atoms with van der Waals surface area (Å²) in [7, 11) is 1.52. The van der Waals surface area contributed by atoms with E-state index in [9.17, 15) is 14.7 Å². The van der Waals surface area contributed by atoms with E-state index in [0.29, 0.717) is 36.9 Å². The van der Waals surface area contributed by atoms with E-state index in [1.807, 2.05) is 0 Å². The number of methoxy groups -OCH3 is 1. The Labute approximate surface area is 153 Å². The van der Waals surface area contributed by atoms with Crippen molar-refractivity contribution in [2.75, 3.05) is 20.2 Å². The number of benzene rings is 1. The molecule has 2 aliphatic rings. The molecule has 0 spiro atoms. The summed E-state index contributed by atoms with van der Waals surface area (Å²) in [5, 5.41) is 9.79. The molecule has 6 nitrogen and oxygen atoms in total. The Balaban J connectivity index is 1.66. The minimum atomic E-state index is -1.33. The third kappa shape index (κ3) is 3.84. The summed E-state index contributed by atoms with van der Waals surface area (Å²) >= 11 is 0. The topological polar surface area (TPSA) is 76.1 Å². The molecule has 0 unspecified atom stereocenters. The first kappa shape index (κ1) is 18.3. The van der Waals surface area contributed by atoms with E-state index in [4.69, 9.17) is 9.47 Å². The molecule has 6 heteroatoms. The Hall–Kier alpha value is -2.50. The molecule has 1 aliphatic carbocycles. The fraction of sp³-hybridized carbons (Fsp3) is 0.500. The number of amides is 1. The molecule has 1 aliphatic heterocycles. The number of allylic oxidation sites excluding steroid dienone is 2. The van der Waals surface area contributed by atoms with E-state index in [0.717, 1.165) is 12.8 Å². The van der Waals surface area contributed by atoms with Crippen LogP contribution in [0, 0.1) is 5.92 Å². The SMILES string of the molecule is COc1ccccc1OC1(C(=O)O)CCN(C(=O)C[C@@H]2C=CCC2)CC1. The van der Waals surface area contributed by atoms with Crippen LogP contribution in [0.25, 0.3) is 0 Å². The van der Waals surface area contributed by atoms with E-state index in [2.05, 4.69) is 12.2 Å². The largest absolute Gasteiger partial charge is 0.493 e. The first-order valence-electron chi connectivity index (χ1n) is 9.04. The molecule has 0 saturated carbocycles. The maximum Gasteiger partial charge on any atom is 0.348 e. The van der Waals surface area contributed by atoms with Gasteiger partial charge < -0.3 is 19.5 Å². The molecular formula is C20H25NO5. The van der Waals surface area contributed by atoms with Crippen LogP contribution in [-0.4, -0.2) is 47.7 Å². The molecule has 0 radical (unpaired) electrons. The van der Waals surface area contributed by atoms with Gasteiger partial charge in [0.1, 0.15) is 0 Å². The van der Waals surface area contributed by atoms with Crippen LogP contribution in [0.1, 0.15) is 32.1 Å². The van der Waals surface area contributed by atoms with Gasteiger partial charge in [-0.1, -0.05) is 24.3 Å². The van der Waals surface area contributed by atoms with Gasteiger partial charge in [0.15, 0.2) is 11.5 Å². The predicted molar refractivity (Wildman–Crippen MR) is 96.3 cm³/mol. The van der Waals surface area contributed by atoms with Crippen molar-refractivity contribution in [2.24, 2.45) is 5.92 Å². The molecular weight excluding hydrogens is 334 g/mol. The molecule has 3 rings (SSSR count). The number of hydrogen-bond acceptors (Lipinski definition) is 4. The van der Waals surface area contributed by atoms with Gasteiger partial charge in [-0.2, -0.15) is 0 Å². The molecule has 1 N–H and O–H groups in total. The second kappa shape index (κ2) is 7.81. The predicted octanol–water partition coefficient (Wildman–Crippen LogP) is 2.88. The van der Waals surface area contributed by atoms with Crippen molar-refractivity contribution in [3.8, 4) is 11.5 Å². The summed E-state index contributed by atoms with van der Waals surface area (Å²) < 4.78 is 11.2. The van der Waals surface area contributed by atoms with Crippen molar-refractivity contribution >= 4 is 11.9 Å². The van der Waals surface area contributed by atoms with Gasteiger partial charge in [0.05, 0.1) is 7.11 Å². The van der Waals surface area contributed by atoms with Gasteiger partial charge in [0.2, 0.25) is 11.5 Å². The molecule has 1 aromatic carbocycles. The van der Waals surface area contributed by atoms with Crippen LogP contribution in [0.3, 0.4) is 0 Å². The highest BCUT2D eigenvalue weighted by molar-refractivity contribution is 5.80. The molecule has 140 valence electrons. The van der Waals surface area contributed by atoms with Crippen molar-refractivity contribution in [3.05, 3.63) is 36.4 Å². The lowest BCUT2D eigenvalue weighted by atomic mass is 9.90. The minimum absolute atomic E-state index is 0.0952. The van der Waals surface area contributed by atoms with Gasteiger partial charge >= 0.3 is 5.97 Å². The minimum Gasteiger partial charge on any atom is -0.493 e. The Kier molecular flexibility index (Phi) is 5.49. The average molecular weight is 359 g/mol. The number of ether oxygens (including phenoxy) is 2. The maximum atomic E-state index is 12.5. The zero-order valence-corrected chi connectivity index (χ0v) is 15.0. The Morgan fingerprint density at radius 3 is 2.50 bits per heavy atom. The highest BCUT2D eigenvalue weighted by Crippen LogP contribution is 2.35. The molecule has 1 heterocycles. The van der Waals surface area contributed by atoms with E-state index in [1.165, 1.54) is 7.11 Å². The Morgan fingerprint density at radius 1 is 1.23 bits per heavy atom. The van der Waals surface area contributed by atoms with Crippen molar-refractivity contribution in [1.29, 1.82) is 0 Å². The molecule has 1 saturated heterocycles. The Bertz CT molecular complexity index is 691. The van der Waals surface area contributed by atoms with Crippen molar-refractivity contribution in [1.82, 2.24) is 4.90 Å². The number of carboxylic acids is 1. The van der Waals surface area contributed by atoms with Crippen LogP contribution in [0.5, 0.6) is 11.5 Å². The summed E-state index contributed by atoms with van der Waals surface area (Å²) in [4.78, 5) is 26.2. The number of carboxylic acid groups (broad SMARTS) is 1. The summed E-state index contributed by atoms with van der Waals surface area (Å²) in [6.45, 7) is 0.771. The quantitative estimate of drug-likeness (QED) is 0.791. The Morgan fingerprint density at radius 2 is 1.92 bits per heavy atom. The number of nitrogens with zero attached hydrogens (tertiary/aromatic N) is 1. The van der Waals surface area contributed by atoms with Crippen molar-refractivity contribution in [2.45, 2.75) is 37.7 Å². The number of para-hydroxylation sites is 2. The van der Waals surface area contributed by atoms with Gasteiger partial charge in [0.25, 0.3) is 0 Å². The fourth-order valence-electron chi connectivity index (χ4n) is 3.61. The summed E-state index contributed by atoms with van der Waals surface area (Å²) in [6, 6.07) is 7.02. The number of hydrogen-bond donors (Lipinski definition) is 1. The molecule has 0 aromatic heterocycles. The average Bonchev–Trinajstić information content (AvgIpc) is 3.15. The number of aliphatic carboxylic acids is 1. The van der Waals surface area contributed by atoms with Gasteiger partial charge in [-0.15, -0.1) is 0 Å². The van der Waals surface area contributed by atoms with E-state index >= 15 is 0 Å². The number of likely N-dealkylation sites (tertiary alicyclic amines) is 1. The van der Waals surface area contributed by atoms with Gasteiger partial charge in [-0.3, -0.25) is 4.79 Å². The number of carbonyl (C=O) groups excluding carboxylic acids is 1. The smallest absolute Gasteiger partial charge is 0.348 e. The monoisotopic (exact) mass is 359 g/mol. The lowest BCUT2D eigenvalue weighted by Gasteiger charge is -2.39. The van der Waals surface area contributed by atoms with Crippen LogP contribution >= 0.6 is 0 Å².